The summed E-state index contributed by atoms with van der Waals surface area (Å²) in [7, 11) is 0. The molecular weight excluding hydrogens is 284 g/mol. The molecule has 0 unspecified atom stereocenters. The van der Waals surface area contributed by atoms with Crippen molar-refractivity contribution in [2.75, 3.05) is 6.54 Å². The first kappa shape index (κ1) is 14.8. The van der Waals surface area contributed by atoms with Gasteiger partial charge in [-0.3, -0.25) is 0 Å². The van der Waals surface area contributed by atoms with E-state index in [9.17, 15) is 8.78 Å². The fraction of sp³-hybridized carbons (Fsp3) is 0.200. The Balaban J connectivity index is 2.05. The van der Waals surface area contributed by atoms with Gasteiger partial charge < -0.3 is 10.5 Å². The summed E-state index contributed by atoms with van der Waals surface area (Å²) in [5.74, 6) is -0.849. The van der Waals surface area contributed by atoms with Crippen LogP contribution in [0.4, 0.5) is 8.78 Å². The van der Waals surface area contributed by atoms with Gasteiger partial charge in [0, 0.05) is 0 Å². The van der Waals surface area contributed by atoms with Gasteiger partial charge in [0.25, 0.3) is 0 Å². The quantitative estimate of drug-likeness (QED) is 0.913. The normalized spacial score (nSPS) is 10.6. The van der Waals surface area contributed by atoms with E-state index in [-0.39, 0.29) is 17.4 Å². The van der Waals surface area contributed by atoms with Crippen molar-refractivity contribution >= 4 is 11.6 Å². The van der Waals surface area contributed by atoms with Gasteiger partial charge in [-0.2, -0.15) is 0 Å². The van der Waals surface area contributed by atoms with Crippen molar-refractivity contribution in [1.29, 1.82) is 0 Å². The fourth-order valence-electron chi connectivity index (χ4n) is 1.77. The zero-order chi connectivity index (χ0) is 14.5. The van der Waals surface area contributed by atoms with Crippen molar-refractivity contribution in [2.24, 2.45) is 5.73 Å². The number of hydrogen-bond acceptors (Lipinski definition) is 2. The van der Waals surface area contributed by atoms with Gasteiger partial charge in [0.15, 0.2) is 11.6 Å². The molecule has 0 spiro atoms. The molecular formula is C15H14ClF2NO. The van der Waals surface area contributed by atoms with Crippen molar-refractivity contribution in [3.05, 3.63) is 64.2 Å². The molecule has 0 fully saturated rings. The van der Waals surface area contributed by atoms with E-state index in [1.54, 1.807) is 18.2 Å². The highest BCUT2D eigenvalue weighted by molar-refractivity contribution is 6.30. The molecule has 0 heterocycles. The molecule has 0 aliphatic rings. The molecule has 2 aromatic rings. The van der Waals surface area contributed by atoms with Crippen molar-refractivity contribution in [3.63, 3.8) is 0 Å². The Labute approximate surface area is 121 Å². The van der Waals surface area contributed by atoms with E-state index in [4.69, 9.17) is 22.1 Å². The summed E-state index contributed by atoms with van der Waals surface area (Å²) in [6.07, 6.45) is 0.611. The van der Waals surface area contributed by atoms with Crippen LogP contribution in [0.2, 0.25) is 5.02 Å². The predicted molar refractivity (Wildman–Crippen MR) is 74.9 cm³/mol. The van der Waals surface area contributed by atoms with E-state index in [0.29, 0.717) is 18.5 Å². The van der Waals surface area contributed by atoms with Crippen LogP contribution in [-0.4, -0.2) is 6.54 Å². The molecule has 2 nitrogen and oxygen atoms in total. The lowest BCUT2D eigenvalue weighted by Crippen LogP contribution is -2.03. The molecule has 5 heteroatoms. The zero-order valence-corrected chi connectivity index (χ0v) is 11.5. The first-order valence-corrected chi connectivity index (χ1v) is 6.53. The highest BCUT2D eigenvalue weighted by Gasteiger charge is 2.06. The minimum Gasteiger partial charge on any atom is -0.486 e. The van der Waals surface area contributed by atoms with Crippen molar-refractivity contribution in [2.45, 2.75) is 13.0 Å². The molecule has 0 aliphatic carbocycles. The SMILES string of the molecule is NCCc1ccc(OCc2ccc(Cl)c(F)c2)c(F)c1. The number of hydrogen-bond donors (Lipinski definition) is 1. The molecule has 20 heavy (non-hydrogen) atoms. The molecule has 0 radical (unpaired) electrons. The van der Waals surface area contributed by atoms with Gasteiger partial charge in [0.05, 0.1) is 5.02 Å². The minimum absolute atomic E-state index is 0.0473. The summed E-state index contributed by atoms with van der Waals surface area (Å²) in [5, 5.41) is 0.0473. The lowest BCUT2D eigenvalue weighted by molar-refractivity contribution is 0.289. The van der Waals surface area contributed by atoms with Crippen LogP contribution in [0.5, 0.6) is 5.75 Å². The molecule has 106 valence electrons. The van der Waals surface area contributed by atoms with E-state index in [2.05, 4.69) is 0 Å². The Morgan fingerprint density at radius 2 is 1.70 bits per heavy atom. The van der Waals surface area contributed by atoms with Crippen molar-refractivity contribution < 1.29 is 13.5 Å². The van der Waals surface area contributed by atoms with Crippen LogP contribution in [0.25, 0.3) is 0 Å². The van der Waals surface area contributed by atoms with Crippen LogP contribution < -0.4 is 10.5 Å². The average molecular weight is 298 g/mol. The zero-order valence-electron chi connectivity index (χ0n) is 10.7. The topological polar surface area (TPSA) is 35.2 Å². The molecule has 2 aromatic carbocycles. The second-order valence-corrected chi connectivity index (χ2v) is 4.75. The number of benzene rings is 2. The van der Waals surface area contributed by atoms with Gasteiger partial charge in [-0.1, -0.05) is 23.7 Å². The first-order chi connectivity index (χ1) is 9.60. The summed E-state index contributed by atoms with van der Waals surface area (Å²) in [6.45, 7) is 0.533. The standard InChI is InChI=1S/C15H14ClF2NO/c16-12-3-1-11(8-13(12)17)9-20-15-4-2-10(5-6-19)7-14(15)18/h1-4,7-8H,5-6,9,19H2. The molecule has 0 saturated heterocycles. The van der Waals surface area contributed by atoms with E-state index in [0.717, 1.165) is 5.56 Å². The molecule has 0 aliphatic heterocycles. The lowest BCUT2D eigenvalue weighted by atomic mass is 10.1. The summed E-state index contributed by atoms with van der Waals surface area (Å²) in [5.41, 5.74) is 6.81. The monoisotopic (exact) mass is 297 g/mol. The van der Waals surface area contributed by atoms with Crippen LogP contribution in [-0.2, 0) is 13.0 Å². The number of ether oxygens (including phenoxy) is 1. The average Bonchev–Trinajstić information content (AvgIpc) is 2.42. The second-order valence-electron chi connectivity index (χ2n) is 4.34. The third kappa shape index (κ3) is 3.68. The third-order valence-electron chi connectivity index (χ3n) is 2.81. The number of rotatable bonds is 5. The van der Waals surface area contributed by atoms with Gasteiger partial charge in [-0.25, -0.2) is 8.78 Å². The Hall–Kier alpha value is -1.65. The molecule has 0 aromatic heterocycles. The maximum Gasteiger partial charge on any atom is 0.165 e. The second kappa shape index (κ2) is 6.68. The van der Waals surface area contributed by atoms with E-state index < -0.39 is 11.6 Å². The largest absolute Gasteiger partial charge is 0.486 e. The van der Waals surface area contributed by atoms with E-state index >= 15 is 0 Å². The maximum absolute atomic E-state index is 13.8. The van der Waals surface area contributed by atoms with Crippen LogP contribution >= 0.6 is 11.6 Å². The smallest absolute Gasteiger partial charge is 0.165 e. The summed E-state index contributed by atoms with van der Waals surface area (Å²) < 4.78 is 32.3. The van der Waals surface area contributed by atoms with Crippen LogP contribution in [0, 0.1) is 11.6 Å². The molecule has 2 N–H and O–H groups in total. The molecule has 0 bridgehead atoms. The van der Waals surface area contributed by atoms with Gasteiger partial charge in [0.1, 0.15) is 12.4 Å². The van der Waals surface area contributed by atoms with E-state index in [1.807, 2.05) is 0 Å². The van der Waals surface area contributed by atoms with E-state index in [1.165, 1.54) is 18.2 Å². The van der Waals surface area contributed by atoms with Gasteiger partial charge in [-0.15, -0.1) is 0 Å². The minimum atomic E-state index is -0.522. The maximum atomic E-state index is 13.8. The van der Waals surface area contributed by atoms with Gasteiger partial charge in [-0.05, 0) is 48.4 Å². The highest BCUT2D eigenvalue weighted by atomic mass is 35.5. The molecule has 2 rings (SSSR count). The van der Waals surface area contributed by atoms with Crippen molar-refractivity contribution in [1.82, 2.24) is 0 Å². The number of halogens is 3. The Bertz CT molecular complexity index is 604. The van der Waals surface area contributed by atoms with Crippen LogP contribution in [0.1, 0.15) is 11.1 Å². The first-order valence-electron chi connectivity index (χ1n) is 6.15. The third-order valence-corrected chi connectivity index (χ3v) is 3.11. The fourth-order valence-corrected chi connectivity index (χ4v) is 1.89. The molecule has 0 atom stereocenters. The number of nitrogens with two attached hydrogens (primary N) is 1. The lowest BCUT2D eigenvalue weighted by Gasteiger charge is -2.09. The van der Waals surface area contributed by atoms with Gasteiger partial charge in [0.2, 0.25) is 0 Å². The summed E-state index contributed by atoms with van der Waals surface area (Å²) in [4.78, 5) is 0. The van der Waals surface area contributed by atoms with Crippen LogP contribution in [0.3, 0.4) is 0 Å². The van der Waals surface area contributed by atoms with Gasteiger partial charge >= 0.3 is 0 Å². The molecule has 0 saturated carbocycles. The summed E-state index contributed by atoms with van der Waals surface area (Å²) in [6, 6.07) is 9.04. The van der Waals surface area contributed by atoms with Crippen LogP contribution in [0.15, 0.2) is 36.4 Å². The Kier molecular flexibility index (Phi) is 4.93. The summed E-state index contributed by atoms with van der Waals surface area (Å²) >= 11 is 5.58. The molecule has 0 amide bonds. The Morgan fingerprint density at radius 1 is 1.00 bits per heavy atom. The predicted octanol–water partition coefficient (Wildman–Crippen LogP) is 3.70. The highest BCUT2D eigenvalue weighted by Crippen LogP contribution is 2.21. The van der Waals surface area contributed by atoms with Crippen molar-refractivity contribution in [3.8, 4) is 5.75 Å². The Morgan fingerprint density at radius 3 is 2.35 bits per heavy atom.